The van der Waals surface area contributed by atoms with Crippen LogP contribution in [-0.2, 0) is 16.0 Å². The fourth-order valence-corrected chi connectivity index (χ4v) is 4.55. The number of ether oxygens (including phenoxy) is 1. The fraction of sp³-hybridized carbons (Fsp3) is 0.440. The van der Waals surface area contributed by atoms with Gasteiger partial charge >= 0.3 is 0 Å². The average molecular weight is 422 g/mol. The minimum absolute atomic E-state index is 0.0206. The number of nitrogens with one attached hydrogen (secondary N) is 1. The number of piperidine rings is 1. The van der Waals surface area contributed by atoms with Gasteiger partial charge in [-0.3, -0.25) is 14.5 Å². The number of likely N-dealkylation sites (tertiary alicyclic amines) is 1. The lowest BCUT2D eigenvalue weighted by Gasteiger charge is -2.31. The quantitative estimate of drug-likeness (QED) is 0.740. The fourth-order valence-electron chi connectivity index (χ4n) is 4.55. The van der Waals surface area contributed by atoms with E-state index in [1.54, 1.807) is 12.0 Å². The smallest absolute Gasteiger partial charge is 0.238 e. The Morgan fingerprint density at radius 1 is 1.06 bits per heavy atom. The zero-order chi connectivity index (χ0) is 21.6. The lowest BCUT2D eigenvalue weighted by molar-refractivity contribution is -0.118. The number of carbonyl (C=O) groups excluding carboxylic acids is 2. The molecular formula is C25H31N3O3. The van der Waals surface area contributed by atoms with Crippen LogP contribution in [0.15, 0.2) is 48.5 Å². The molecule has 31 heavy (non-hydrogen) atoms. The summed E-state index contributed by atoms with van der Waals surface area (Å²) in [7, 11) is 1.69. The Morgan fingerprint density at radius 3 is 2.48 bits per heavy atom. The van der Waals surface area contributed by atoms with Gasteiger partial charge in [-0.05, 0) is 74.5 Å². The number of anilines is 2. The van der Waals surface area contributed by atoms with Crippen molar-refractivity contribution in [3.63, 3.8) is 0 Å². The summed E-state index contributed by atoms with van der Waals surface area (Å²) in [5.41, 5.74) is 2.86. The maximum atomic E-state index is 12.7. The van der Waals surface area contributed by atoms with Crippen LogP contribution in [0.5, 0.6) is 5.75 Å². The Labute approximate surface area is 184 Å². The zero-order valence-electron chi connectivity index (χ0n) is 18.2. The van der Waals surface area contributed by atoms with Gasteiger partial charge in [-0.1, -0.05) is 24.3 Å². The topological polar surface area (TPSA) is 61.9 Å². The largest absolute Gasteiger partial charge is 0.497 e. The third kappa shape index (κ3) is 5.44. The molecule has 2 aromatic rings. The van der Waals surface area contributed by atoms with E-state index in [-0.39, 0.29) is 11.8 Å². The number of nitrogens with zero attached hydrogens (tertiary/aromatic N) is 2. The van der Waals surface area contributed by atoms with Crippen molar-refractivity contribution >= 4 is 23.2 Å². The third-order valence-electron chi connectivity index (χ3n) is 6.30. The number of hydrogen-bond donors (Lipinski definition) is 1. The second-order valence-corrected chi connectivity index (χ2v) is 8.49. The summed E-state index contributed by atoms with van der Waals surface area (Å²) in [6.45, 7) is 2.96. The van der Waals surface area contributed by atoms with Gasteiger partial charge < -0.3 is 15.0 Å². The molecule has 6 heteroatoms. The van der Waals surface area contributed by atoms with Crippen LogP contribution < -0.4 is 15.0 Å². The average Bonchev–Trinajstić information content (AvgIpc) is 3.21. The number of methoxy groups -OCH3 is 1. The number of para-hydroxylation sites is 2. The predicted octanol–water partition coefficient (Wildman–Crippen LogP) is 3.72. The molecule has 0 spiro atoms. The van der Waals surface area contributed by atoms with E-state index in [9.17, 15) is 9.59 Å². The summed E-state index contributed by atoms with van der Waals surface area (Å²) < 4.78 is 5.23. The molecule has 2 aliphatic heterocycles. The molecule has 2 amide bonds. The number of hydrogen-bond acceptors (Lipinski definition) is 4. The molecule has 2 heterocycles. The van der Waals surface area contributed by atoms with E-state index in [0.717, 1.165) is 55.9 Å². The first-order valence-corrected chi connectivity index (χ1v) is 11.2. The highest BCUT2D eigenvalue weighted by Crippen LogP contribution is 2.29. The van der Waals surface area contributed by atoms with E-state index in [0.29, 0.717) is 25.4 Å². The first kappa shape index (κ1) is 21.4. The zero-order valence-corrected chi connectivity index (χ0v) is 18.2. The summed E-state index contributed by atoms with van der Waals surface area (Å²) in [6.07, 6.45) is 4.71. The van der Waals surface area contributed by atoms with E-state index in [4.69, 9.17) is 4.74 Å². The van der Waals surface area contributed by atoms with Crippen molar-refractivity contribution in [3.05, 3.63) is 54.1 Å². The van der Waals surface area contributed by atoms with E-state index in [1.807, 2.05) is 36.4 Å². The Balaban J connectivity index is 1.26. The van der Waals surface area contributed by atoms with Crippen molar-refractivity contribution in [1.82, 2.24) is 4.90 Å². The Kier molecular flexibility index (Phi) is 6.87. The van der Waals surface area contributed by atoms with Gasteiger partial charge in [0.15, 0.2) is 0 Å². The van der Waals surface area contributed by atoms with E-state index >= 15 is 0 Å². The SMILES string of the molecule is COc1ccc(CC2CCN(CC(=O)Nc3ccccc3N3CCCC3=O)CC2)cc1. The van der Waals surface area contributed by atoms with Crippen LogP contribution in [0.4, 0.5) is 11.4 Å². The molecule has 1 N–H and O–H groups in total. The molecule has 0 bridgehead atoms. The standard InChI is InChI=1S/C25H31N3O3/c1-31-21-10-8-19(9-11-21)17-20-12-15-27(16-13-20)18-24(29)26-22-5-2-3-6-23(22)28-14-4-7-25(28)30/h2-3,5-6,8-11,20H,4,7,12-18H2,1H3,(H,26,29). The van der Waals surface area contributed by atoms with Gasteiger partial charge in [-0.25, -0.2) is 0 Å². The van der Waals surface area contributed by atoms with Crippen molar-refractivity contribution in [2.45, 2.75) is 32.1 Å². The lowest BCUT2D eigenvalue weighted by atomic mass is 9.90. The van der Waals surface area contributed by atoms with Gasteiger partial charge in [0.05, 0.1) is 25.0 Å². The highest BCUT2D eigenvalue weighted by atomic mass is 16.5. The summed E-state index contributed by atoms with van der Waals surface area (Å²) in [6, 6.07) is 15.9. The van der Waals surface area contributed by atoms with Crippen LogP contribution in [0.2, 0.25) is 0 Å². The van der Waals surface area contributed by atoms with Crippen LogP contribution in [0.1, 0.15) is 31.2 Å². The number of benzene rings is 2. The van der Waals surface area contributed by atoms with Crippen LogP contribution in [0.3, 0.4) is 0 Å². The molecule has 0 saturated carbocycles. The molecule has 0 atom stereocenters. The Morgan fingerprint density at radius 2 is 1.81 bits per heavy atom. The minimum Gasteiger partial charge on any atom is -0.497 e. The van der Waals surface area contributed by atoms with Crippen molar-refractivity contribution in [2.24, 2.45) is 5.92 Å². The van der Waals surface area contributed by atoms with Gasteiger partial charge in [0.25, 0.3) is 0 Å². The predicted molar refractivity (Wildman–Crippen MR) is 123 cm³/mol. The third-order valence-corrected chi connectivity index (χ3v) is 6.30. The monoisotopic (exact) mass is 421 g/mol. The van der Waals surface area contributed by atoms with Gasteiger partial charge in [-0.15, -0.1) is 0 Å². The molecule has 6 nitrogen and oxygen atoms in total. The molecule has 0 unspecified atom stereocenters. The molecule has 164 valence electrons. The summed E-state index contributed by atoms with van der Waals surface area (Å²) >= 11 is 0. The second-order valence-electron chi connectivity index (χ2n) is 8.49. The normalized spacial score (nSPS) is 17.7. The Bertz CT molecular complexity index is 904. The van der Waals surface area contributed by atoms with Crippen LogP contribution >= 0.6 is 0 Å². The molecule has 2 fully saturated rings. The maximum Gasteiger partial charge on any atom is 0.238 e. The second kappa shape index (κ2) is 9.96. The summed E-state index contributed by atoms with van der Waals surface area (Å²) in [5.74, 6) is 1.64. The first-order chi connectivity index (χ1) is 15.1. The first-order valence-electron chi connectivity index (χ1n) is 11.2. The minimum atomic E-state index is -0.0206. The molecule has 2 aliphatic rings. The maximum absolute atomic E-state index is 12.7. The molecule has 0 radical (unpaired) electrons. The van der Waals surface area contributed by atoms with E-state index in [1.165, 1.54) is 5.56 Å². The molecule has 2 aromatic carbocycles. The highest BCUT2D eigenvalue weighted by molar-refractivity contribution is 6.02. The van der Waals surface area contributed by atoms with E-state index < -0.39 is 0 Å². The van der Waals surface area contributed by atoms with Crippen LogP contribution in [-0.4, -0.2) is 50.0 Å². The molecule has 0 aliphatic carbocycles. The van der Waals surface area contributed by atoms with E-state index in [2.05, 4.69) is 22.3 Å². The van der Waals surface area contributed by atoms with Crippen molar-refractivity contribution in [3.8, 4) is 5.75 Å². The highest BCUT2D eigenvalue weighted by Gasteiger charge is 2.25. The van der Waals surface area contributed by atoms with Gasteiger partial charge in [-0.2, -0.15) is 0 Å². The summed E-state index contributed by atoms with van der Waals surface area (Å²) in [5, 5.41) is 3.03. The van der Waals surface area contributed by atoms with Crippen LogP contribution in [0, 0.1) is 5.92 Å². The molecule has 0 aromatic heterocycles. The van der Waals surface area contributed by atoms with Crippen molar-refractivity contribution in [2.75, 3.05) is 43.5 Å². The van der Waals surface area contributed by atoms with Crippen molar-refractivity contribution < 1.29 is 14.3 Å². The lowest BCUT2D eigenvalue weighted by Crippen LogP contribution is -2.39. The molecule has 4 rings (SSSR count). The number of amides is 2. The molecule has 2 saturated heterocycles. The van der Waals surface area contributed by atoms with Gasteiger partial charge in [0.2, 0.25) is 11.8 Å². The van der Waals surface area contributed by atoms with Gasteiger partial charge in [0, 0.05) is 13.0 Å². The molecular weight excluding hydrogens is 390 g/mol. The Hall–Kier alpha value is -2.86. The number of carbonyl (C=O) groups is 2. The number of rotatable bonds is 7. The van der Waals surface area contributed by atoms with Crippen molar-refractivity contribution in [1.29, 1.82) is 0 Å². The van der Waals surface area contributed by atoms with Crippen LogP contribution in [0.25, 0.3) is 0 Å². The van der Waals surface area contributed by atoms with Gasteiger partial charge in [0.1, 0.15) is 5.75 Å². The summed E-state index contributed by atoms with van der Waals surface area (Å²) in [4.78, 5) is 28.8.